The fraction of sp³-hybridized carbons (Fsp3) is 0.263. The number of fused-ring (bicyclic) bond motifs is 1. The largest absolute Gasteiger partial charge is 0.352 e. The van der Waals surface area contributed by atoms with Gasteiger partial charge in [-0.2, -0.15) is 0 Å². The molecule has 0 aliphatic carbocycles. The van der Waals surface area contributed by atoms with Gasteiger partial charge in [-0.15, -0.1) is 0 Å². The summed E-state index contributed by atoms with van der Waals surface area (Å²) < 4.78 is 19.0. The van der Waals surface area contributed by atoms with E-state index in [1.54, 1.807) is 32.2 Å². The second-order valence-electron chi connectivity index (χ2n) is 6.15. The van der Waals surface area contributed by atoms with E-state index < -0.39 is 5.82 Å². The number of rotatable bonds is 6. The average molecular weight is 407 g/mol. The Labute approximate surface area is 166 Å². The van der Waals surface area contributed by atoms with Gasteiger partial charge in [0.05, 0.1) is 33.6 Å². The first-order valence-electron chi connectivity index (χ1n) is 8.51. The van der Waals surface area contributed by atoms with Crippen LogP contribution in [0.3, 0.4) is 0 Å². The van der Waals surface area contributed by atoms with E-state index in [0.717, 1.165) is 12.2 Å². The van der Waals surface area contributed by atoms with E-state index in [9.17, 15) is 9.18 Å². The lowest BCUT2D eigenvalue weighted by Gasteiger charge is -2.16. The molecule has 0 amide bonds. The van der Waals surface area contributed by atoms with Gasteiger partial charge in [0.1, 0.15) is 5.82 Å². The molecule has 0 aliphatic heterocycles. The Morgan fingerprint density at radius 2 is 2.00 bits per heavy atom. The lowest BCUT2D eigenvalue weighted by atomic mass is 10.1. The maximum atomic E-state index is 14.4. The summed E-state index contributed by atoms with van der Waals surface area (Å²) in [7, 11) is 1.65. The molecule has 3 aromatic rings. The van der Waals surface area contributed by atoms with E-state index in [2.05, 4.69) is 21.9 Å². The van der Waals surface area contributed by atoms with Crippen LogP contribution in [0.4, 0.5) is 21.5 Å². The minimum Gasteiger partial charge on any atom is -0.352 e. The molecule has 5 nitrogen and oxygen atoms in total. The lowest BCUT2D eigenvalue weighted by molar-refractivity contribution is 0.632. The van der Waals surface area contributed by atoms with Gasteiger partial charge < -0.3 is 14.6 Å². The maximum absolute atomic E-state index is 14.4. The normalized spacial score (nSPS) is 11.0. The van der Waals surface area contributed by atoms with Crippen molar-refractivity contribution in [3.63, 3.8) is 0 Å². The molecule has 0 spiro atoms. The van der Waals surface area contributed by atoms with Crippen molar-refractivity contribution in [1.82, 2.24) is 9.55 Å². The first-order valence-corrected chi connectivity index (χ1v) is 9.88. The van der Waals surface area contributed by atoms with E-state index in [1.807, 2.05) is 0 Å². The predicted molar refractivity (Wildman–Crippen MR) is 113 cm³/mol. The predicted octanol–water partition coefficient (Wildman–Crippen LogP) is 5.25. The monoisotopic (exact) mass is 406 g/mol. The standard InChI is InChI=1S/C19H20ClFN4OS/c1-4-9-27-24-15-6-5-12(21)18(17(15)20)23-13-7-8-14-16(11(13)2)19(26)25(3)10-22-14/h5-8,10,23-24H,4,9H2,1-3H3. The molecule has 0 fully saturated rings. The molecular weight excluding hydrogens is 387 g/mol. The van der Waals surface area contributed by atoms with Crippen LogP contribution in [0.15, 0.2) is 35.4 Å². The third-order valence-electron chi connectivity index (χ3n) is 4.19. The van der Waals surface area contributed by atoms with Crippen LogP contribution in [0.1, 0.15) is 18.9 Å². The number of hydrogen-bond acceptors (Lipinski definition) is 5. The fourth-order valence-electron chi connectivity index (χ4n) is 2.70. The highest BCUT2D eigenvalue weighted by Crippen LogP contribution is 2.37. The molecule has 0 bridgehead atoms. The molecule has 2 aromatic carbocycles. The molecule has 1 aromatic heterocycles. The summed E-state index contributed by atoms with van der Waals surface area (Å²) in [4.78, 5) is 16.7. The Balaban J connectivity index is 2.02. The summed E-state index contributed by atoms with van der Waals surface area (Å²) in [6, 6.07) is 6.47. The zero-order chi connectivity index (χ0) is 19.6. The van der Waals surface area contributed by atoms with Gasteiger partial charge in [-0.3, -0.25) is 4.79 Å². The second-order valence-corrected chi connectivity index (χ2v) is 7.43. The van der Waals surface area contributed by atoms with E-state index in [-0.39, 0.29) is 16.3 Å². The maximum Gasteiger partial charge on any atom is 0.261 e. The molecule has 1 heterocycles. The van der Waals surface area contributed by atoms with Crippen molar-refractivity contribution >= 4 is 51.5 Å². The SMILES string of the molecule is CCCSNc1ccc(F)c(Nc2ccc3ncn(C)c(=O)c3c2C)c1Cl. The molecule has 0 saturated carbocycles. The molecule has 27 heavy (non-hydrogen) atoms. The van der Waals surface area contributed by atoms with Crippen molar-refractivity contribution < 1.29 is 4.39 Å². The van der Waals surface area contributed by atoms with Crippen molar-refractivity contribution in [2.45, 2.75) is 20.3 Å². The van der Waals surface area contributed by atoms with Crippen LogP contribution in [0.2, 0.25) is 5.02 Å². The van der Waals surface area contributed by atoms with Crippen LogP contribution < -0.4 is 15.6 Å². The summed E-state index contributed by atoms with van der Waals surface area (Å²) in [5.41, 5.74) is 2.54. The summed E-state index contributed by atoms with van der Waals surface area (Å²) in [5.74, 6) is 0.445. The summed E-state index contributed by atoms with van der Waals surface area (Å²) >= 11 is 7.93. The van der Waals surface area contributed by atoms with E-state index in [1.165, 1.54) is 28.9 Å². The number of aromatic nitrogens is 2. The molecule has 0 saturated heterocycles. The topological polar surface area (TPSA) is 59.0 Å². The molecule has 3 rings (SSSR count). The van der Waals surface area contributed by atoms with Gasteiger partial charge in [0.2, 0.25) is 0 Å². The molecule has 8 heteroatoms. The molecule has 142 valence electrons. The number of benzene rings is 2. The van der Waals surface area contributed by atoms with Crippen molar-refractivity contribution in [1.29, 1.82) is 0 Å². The Morgan fingerprint density at radius 3 is 2.74 bits per heavy atom. The van der Waals surface area contributed by atoms with Gasteiger partial charge in [-0.05, 0) is 43.2 Å². The summed E-state index contributed by atoms with van der Waals surface area (Å²) in [5, 5.41) is 3.80. The number of hydrogen-bond donors (Lipinski definition) is 2. The fourth-order valence-corrected chi connectivity index (χ4v) is 3.63. The Bertz CT molecular complexity index is 1050. The second kappa shape index (κ2) is 8.19. The number of halogens is 2. The third-order valence-corrected chi connectivity index (χ3v) is 5.56. The van der Waals surface area contributed by atoms with Gasteiger partial charge in [0.25, 0.3) is 5.56 Å². The van der Waals surface area contributed by atoms with Crippen LogP contribution in [0.5, 0.6) is 0 Å². The molecule has 0 radical (unpaired) electrons. The van der Waals surface area contributed by atoms with Crippen molar-refractivity contribution in [3.05, 3.63) is 57.3 Å². The minimum atomic E-state index is -0.468. The first-order chi connectivity index (χ1) is 12.9. The van der Waals surface area contributed by atoms with Crippen LogP contribution in [0.25, 0.3) is 10.9 Å². The minimum absolute atomic E-state index is 0.154. The summed E-state index contributed by atoms with van der Waals surface area (Å²) in [6.45, 7) is 3.88. The van der Waals surface area contributed by atoms with Crippen LogP contribution in [-0.2, 0) is 7.05 Å². The lowest BCUT2D eigenvalue weighted by Crippen LogP contribution is -2.18. The van der Waals surface area contributed by atoms with Gasteiger partial charge in [0.15, 0.2) is 0 Å². The average Bonchev–Trinajstić information content (AvgIpc) is 2.65. The molecule has 0 atom stereocenters. The van der Waals surface area contributed by atoms with Gasteiger partial charge in [-0.25, -0.2) is 9.37 Å². The first kappa shape index (κ1) is 19.5. The van der Waals surface area contributed by atoms with Crippen molar-refractivity contribution in [3.8, 4) is 0 Å². The Morgan fingerprint density at radius 1 is 1.26 bits per heavy atom. The third kappa shape index (κ3) is 3.89. The molecule has 0 unspecified atom stereocenters. The van der Waals surface area contributed by atoms with Gasteiger partial charge in [0, 0.05) is 18.5 Å². The highest BCUT2D eigenvalue weighted by atomic mass is 35.5. The molecular formula is C19H20ClFN4OS. The molecule has 2 N–H and O–H groups in total. The Kier molecular flexibility index (Phi) is 5.92. The van der Waals surface area contributed by atoms with Crippen LogP contribution in [0, 0.1) is 12.7 Å². The van der Waals surface area contributed by atoms with E-state index in [0.29, 0.717) is 27.8 Å². The quantitative estimate of drug-likeness (QED) is 0.432. The van der Waals surface area contributed by atoms with Gasteiger partial charge >= 0.3 is 0 Å². The van der Waals surface area contributed by atoms with Gasteiger partial charge in [-0.1, -0.05) is 30.5 Å². The zero-order valence-electron chi connectivity index (χ0n) is 15.3. The van der Waals surface area contributed by atoms with Crippen molar-refractivity contribution in [2.24, 2.45) is 7.05 Å². The van der Waals surface area contributed by atoms with E-state index in [4.69, 9.17) is 11.6 Å². The molecule has 0 aliphatic rings. The number of nitrogens with one attached hydrogen (secondary N) is 2. The zero-order valence-corrected chi connectivity index (χ0v) is 16.8. The van der Waals surface area contributed by atoms with Crippen LogP contribution >= 0.6 is 23.5 Å². The number of anilines is 3. The highest BCUT2D eigenvalue weighted by molar-refractivity contribution is 8.00. The van der Waals surface area contributed by atoms with E-state index >= 15 is 0 Å². The summed E-state index contributed by atoms with van der Waals surface area (Å²) in [6.07, 6.45) is 2.50. The highest BCUT2D eigenvalue weighted by Gasteiger charge is 2.15. The number of nitrogens with zero attached hydrogens (tertiary/aromatic N) is 2. The van der Waals surface area contributed by atoms with Crippen molar-refractivity contribution in [2.75, 3.05) is 15.8 Å². The Hall–Kier alpha value is -2.25. The van der Waals surface area contributed by atoms with Crippen LogP contribution in [-0.4, -0.2) is 15.3 Å². The number of aryl methyl sites for hydroxylation is 2. The smallest absolute Gasteiger partial charge is 0.261 e.